The second-order valence-electron chi connectivity index (χ2n) is 5.16. The minimum absolute atomic E-state index is 0.0579. The maximum absolute atomic E-state index is 13.2. The van der Waals surface area contributed by atoms with Gasteiger partial charge >= 0.3 is 0 Å². The van der Waals surface area contributed by atoms with Crippen LogP contribution in [0.2, 0.25) is 0 Å². The molecule has 1 amide bonds. The number of hydrogen-bond donors (Lipinski definition) is 2. The van der Waals surface area contributed by atoms with Crippen LogP contribution in [-0.2, 0) is 10.2 Å². The smallest absolute Gasteiger partial charge is 0.230 e. The van der Waals surface area contributed by atoms with E-state index in [0.29, 0.717) is 12.1 Å². The van der Waals surface area contributed by atoms with E-state index >= 15 is 0 Å². The molecule has 1 aromatic rings. The van der Waals surface area contributed by atoms with Crippen molar-refractivity contribution in [2.45, 2.75) is 38.6 Å². The van der Waals surface area contributed by atoms with Gasteiger partial charge in [-0.2, -0.15) is 0 Å². The van der Waals surface area contributed by atoms with E-state index in [4.69, 9.17) is 5.73 Å². The summed E-state index contributed by atoms with van der Waals surface area (Å²) in [6, 6.07) is 6.19. The van der Waals surface area contributed by atoms with E-state index in [0.717, 1.165) is 6.42 Å². The highest BCUT2D eigenvalue weighted by Gasteiger charge is 2.29. The third-order valence-corrected chi connectivity index (χ3v) is 3.00. The van der Waals surface area contributed by atoms with Gasteiger partial charge in [0.25, 0.3) is 0 Å². The number of benzene rings is 1. The fourth-order valence-electron chi connectivity index (χ4n) is 1.64. The summed E-state index contributed by atoms with van der Waals surface area (Å²) in [6.07, 6.45) is 0.727. The minimum atomic E-state index is -0.750. The van der Waals surface area contributed by atoms with Crippen LogP contribution in [-0.4, -0.2) is 18.5 Å². The first-order chi connectivity index (χ1) is 8.34. The monoisotopic (exact) mass is 252 g/mol. The average Bonchev–Trinajstić information content (AvgIpc) is 2.28. The van der Waals surface area contributed by atoms with Crippen LogP contribution in [0.15, 0.2) is 24.3 Å². The quantitative estimate of drug-likeness (QED) is 0.841. The molecule has 0 saturated heterocycles. The summed E-state index contributed by atoms with van der Waals surface area (Å²) in [5, 5.41) is 2.83. The lowest BCUT2D eigenvalue weighted by molar-refractivity contribution is -0.125. The Balaban J connectivity index is 2.70. The largest absolute Gasteiger partial charge is 0.355 e. The van der Waals surface area contributed by atoms with E-state index in [9.17, 15) is 9.18 Å². The zero-order valence-electron chi connectivity index (χ0n) is 11.2. The molecule has 0 saturated carbocycles. The predicted octanol–water partition coefficient (Wildman–Crippen LogP) is 1.96. The fourth-order valence-corrected chi connectivity index (χ4v) is 1.64. The lowest BCUT2D eigenvalue weighted by Gasteiger charge is -2.24. The van der Waals surface area contributed by atoms with Crippen LogP contribution in [0.25, 0.3) is 0 Å². The maximum atomic E-state index is 13.2. The molecule has 1 atom stereocenters. The SMILES string of the molecule is CC(N)CCNC(=O)C(C)(C)c1cccc(F)c1. The molecule has 0 aromatic heterocycles. The summed E-state index contributed by atoms with van der Waals surface area (Å²) in [7, 11) is 0. The van der Waals surface area contributed by atoms with Crippen LogP contribution in [0.5, 0.6) is 0 Å². The second-order valence-corrected chi connectivity index (χ2v) is 5.16. The van der Waals surface area contributed by atoms with E-state index in [1.54, 1.807) is 26.0 Å². The van der Waals surface area contributed by atoms with Crippen molar-refractivity contribution in [2.24, 2.45) is 5.73 Å². The molecule has 0 bridgehead atoms. The third-order valence-electron chi connectivity index (χ3n) is 3.00. The molecule has 0 aliphatic heterocycles. The maximum Gasteiger partial charge on any atom is 0.230 e. The van der Waals surface area contributed by atoms with Crippen LogP contribution < -0.4 is 11.1 Å². The minimum Gasteiger partial charge on any atom is -0.355 e. The molecule has 0 radical (unpaired) electrons. The summed E-state index contributed by atoms with van der Waals surface area (Å²) in [4.78, 5) is 12.1. The van der Waals surface area contributed by atoms with Gasteiger partial charge in [0.05, 0.1) is 5.41 Å². The summed E-state index contributed by atoms with van der Waals surface area (Å²) < 4.78 is 13.2. The van der Waals surface area contributed by atoms with Gasteiger partial charge in [-0.25, -0.2) is 4.39 Å². The van der Waals surface area contributed by atoms with Crippen LogP contribution in [0.4, 0.5) is 4.39 Å². The van der Waals surface area contributed by atoms with Gasteiger partial charge in [0.15, 0.2) is 0 Å². The molecule has 0 heterocycles. The molecule has 1 rings (SSSR count). The number of nitrogens with one attached hydrogen (secondary N) is 1. The summed E-state index contributed by atoms with van der Waals surface area (Å²) in [5.74, 6) is -0.447. The molecule has 100 valence electrons. The number of hydrogen-bond acceptors (Lipinski definition) is 2. The van der Waals surface area contributed by atoms with Crippen LogP contribution in [0.3, 0.4) is 0 Å². The Morgan fingerprint density at radius 2 is 2.17 bits per heavy atom. The zero-order chi connectivity index (χ0) is 13.8. The van der Waals surface area contributed by atoms with Gasteiger partial charge in [0.2, 0.25) is 5.91 Å². The van der Waals surface area contributed by atoms with Crippen LogP contribution in [0, 0.1) is 5.82 Å². The van der Waals surface area contributed by atoms with Gasteiger partial charge in [0.1, 0.15) is 5.82 Å². The van der Waals surface area contributed by atoms with Crippen molar-refractivity contribution in [2.75, 3.05) is 6.54 Å². The summed E-state index contributed by atoms with van der Waals surface area (Å²) >= 11 is 0. The van der Waals surface area contributed by atoms with Crippen molar-refractivity contribution in [1.82, 2.24) is 5.32 Å². The highest BCUT2D eigenvalue weighted by atomic mass is 19.1. The van der Waals surface area contributed by atoms with Gasteiger partial charge in [-0.1, -0.05) is 12.1 Å². The van der Waals surface area contributed by atoms with Crippen molar-refractivity contribution >= 4 is 5.91 Å². The molecule has 0 fully saturated rings. The van der Waals surface area contributed by atoms with E-state index in [-0.39, 0.29) is 17.8 Å². The van der Waals surface area contributed by atoms with Gasteiger partial charge < -0.3 is 11.1 Å². The van der Waals surface area contributed by atoms with E-state index in [1.807, 2.05) is 6.92 Å². The average molecular weight is 252 g/mol. The molecule has 18 heavy (non-hydrogen) atoms. The molecule has 0 aliphatic carbocycles. The topological polar surface area (TPSA) is 55.1 Å². The molecular formula is C14H21FN2O. The van der Waals surface area contributed by atoms with E-state index in [2.05, 4.69) is 5.32 Å². The Bertz CT molecular complexity index is 416. The molecule has 4 heteroatoms. The number of carbonyl (C=O) groups excluding carboxylic acids is 1. The van der Waals surface area contributed by atoms with Gasteiger partial charge in [0, 0.05) is 12.6 Å². The molecule has 1 unspecified atom stereocenters. The number of carbonyl (C=O) groups is 1. The Morgan fingerprint density at radius 1 is 1.50 bits per heavy atom. The molecule has 3 N–H and O–H groups in total. The predicted molar refractivity (Wildman–Crippen MR) is 70.7 cm³/mol. The van der Waals surface area contributed by atoms with Crippen molar-refractivity contribution in [3.05, 3.63) is 35.6 Å². The standard InChI is InChI=1S/C14H21FN2O/c1-10(16)7-8-17-13(18)14(2,3)11-5-4-6-12(15)9-11/h4-6,9-10H,7-8,16H2,1-3H3,(H,17,18). The molecule has 3 nitrogen and oxygen atoms in total. The van der Waals surface area contributed by atoms with Gasteiger partial charge in [-0.05, 0) is 44.9 Å². The number of rotatable bonds is 5. The Morgan fingerprint density at radius 3 is 2.72 bits per heavy atom. The van der Waals surface area contributed by atoms with Crippen molar-refractivity contribution in [3.8, 4) is 0 Å². The Kier molecular flexibility index (Phi) is 4.84. The third kappa shape index (κ3) is 3.81. The summed E-state index contributed by atoms with van der Waals surface area (Å²) in [6.45, 7) is 5.99. The molecule has 1 aromatic carbocycles. The Labute approximate surface area is 108 Å². The van der Waals surface area contributed by atoms with Crippen molar-refractivity contribution in [3.63, 3.8) is 0 Å². The first-order valence-electron chi connectivity index (χ1n) is 6.14. The zero-order valence-corrected chi connectivity index (χ0v) is 11.2. The normalized spacial score (nSPS) is 13.2. The Hall–Kier alpha value is -1.42. The van der Waals surface area contributed by atoms with Crippen molar-refractivity contribution < 1.29 is 9.18 Å². The van der Waals surface area contributed by atoms with Crippen LogP contribution in [0.1, 0.15) is 32.8 Å². The molecule has 0 spiro atoms. The van der Waals surface area contributed by atoms with E-state index in [1.165, 1.54) is 12.1 Å². The molecular weight excluding hydrogens is 231 g/mol. The first-order valence-corrected chi connectivity index (χ1v) is 6.14. The summed E-state index contributed by atoms with van der Waals surface area (Å²) in [5.41, 5.74) is 5.54. The lowest BCUT2D eigenvalue weighted by atomic mass is 9.83. The second kappa shape index (κ2) is 5.96. The highest BCUT2D eigenvalue weighted by molar-refractivity contribution is 5.87. The number of halogens is 1. The van der Waals surface area contributed by atoms with Gasteiger partial charge in [-0.3, -0.25) is 4.79 Å². The van der Waals surface area contributed by atoms with E-state index < -0.39 is 5.41 Å². The van der Waals surface area contributed by atoms with Crippen molar-refractivity contribution in [1.29, 1.82) is 0 Å². The fraction of sp³-hybridized carbons (Fsp3) is 0.500. The number of amides is 1. The molecule has 0 aliphatic rings. The first kappa shape index (κ1) is 14.6. The lowest BCUT2D eigenvalue weighted by Crippen LogP contribution is -2.41. The van der Waals surface area contributed by atoms with Gasteiger partial charge in [-0.15, -0.1) is 0 Å². The van der Waals surface area contributed by atoms with Crippen LogP contribution >= 0.6 is 0 Å². The number of nitrogens with two attached hydrogens (primary N) is 1. The highest BCUT2D eigenvalue weighted by Crippen LogP contribution is 2.23.